The highest BCUT2D eigenvalue weighted by Gasteiger charge is 2.15. The molecule has 1 aliphatic heterocycles. The van der Waals surface area contributed by atoms with Crippen LogP contribution in [-0.2, 0) is 11.2 Å². The molecule has 2 rings (SSSR count). The van der Waals surface area contributed by atoms with E-state index in [0.29, 0.717) is 6.54 Å². The van der Waals surface area contributed by atoms with Crippen molar-refractivity contribution in [3.05, 3.63) is 10.6 Å². The van der Waals surface area contributed by atoms with Crippen molar-refractivity contribution in [2.45, 2.75) is 20.3 Å². The van der Waals surface area contributed by atoms with E-state index in [1.54, 1.807) is 11.3 Å². The lowest BCUT2D eigenvalue weighted by Crippen LogP contribution is -2.46. The summed E-state index contributed by atoms with van der Waals surface area (Å²) in [4.78, 5) is 19.6. The Morgan fingerprint density at radius 3 is 2.48 bits per heavy atom. The average molecular weight is 378 g/mol. The molecule has 1 aromatic rings. The largest absolute Gasteiger partial charge is 0.314 e. The van der Waals surface area contributed by atoms with E-state index in [0.717, 1.165) is 43.4 Å². The first-order valence-electron chi connectivity index (χ1n) is 6.38. The standard InChI is InChI=1S/C12H20N4OS.3ClH/c1-3-10-9(2)18-12(14-10)15-11(17)8-16-6-4-13-5-7-16;;;/h13H,3-8H2,1-2H3,(H,14,15,17);3*1H. The molecule has 0 bridgehead atoms. The van der Waals surface area contributed by atoms with Crippen LogP contribution >= 0.6 is 48.6 Å². The SMILES string of the molecule is CCc1nc(NC(=O)CN2CCNCC2)sc1C.Cl.Cl.Cl. The highest BCUT2D eigenvalue weighted by Crippen LogP contribution is 2.22. The molecule has 21 heavy (non-hydrogen) atoms. The van der Waals surface area contributed by atoms with Gasteiger partial charge in [-0.15, -0.1) is 48.6 Å². The van der Waals surface area contributed by atoms with Gasteiger partial charge in [0.25, 0.3) is 0 Å². The molecule has 0 atom stereocenters. The van der Waals surface area contributed by atoms with Crippen molar-refractivity contribution in [2.75, 3.05) is 38.0 Å². The number of carbonyl (C=O) groups is 1. The Balaban J connectivity index is 0. The van der Waals surface area contributed by atoms with Crippen LogP contribution in [0.4, 0.5) is 5.13 Å². The molecular formula is C12H23Cl3N4OS. The molecule has 0 aromatic carbocycles. The van der Waals surface area contributed by atoms with E-state index in [9.17, 15) is 4.79 Å². The first kappa shape index (κ1) is 23.2. The third kappa shape index (κ3) is 7.13. The van der Waals surface area contributed by atoms with Crippen LogP contribution in [0.15, 0.2) is 0 Å². The molecule has 1 fully saturated rings. The van der Waals surface area contributed by atoms with Crippen molar-refractivity contribution in [1.82, 2.24) is 15.2 Å². The van der Waals surface area contributed by atoms with Gasteiger partial charge in [0.2, 0.25) is 5.91 Å². The number of nitrogens with one attached hydrogen (secondary N) is 2. The monoisotopic (exact) mass is 376 g/mol. The number of aromatic nitrogens is 1. The van der Waals surface area contributed by atoms with Crippen LogP contribution in [0.25, 0.3) is 0 Å². The zero-order valence-corrected chi connectivity index (χ0v) is 15.4. The van der Waals surface area contributed by atoms with E-state index < -0.39 is 0 Å². The van der Waals surface area contributed by atoms with Crippen molar-refractivity contribution < 1.29 is 4.79 Å². The maximum Gasteiger partial charge on any atom is 0.240 e. The van der Waals surface area contributed by atoms with Gasteiger partial charge in [-0.3, -0.25) is 9.69 Å². The molecule has 2 heterocycles. The second-order valence-corrected chi connectivity index (χ2v) is 5.65. The van der Waals surface area contributed by atoms with Gasteiger partial charge in [-0.25, -0.2) is 4.98 Å². The van der Waals surface area contributed by atoms with E-state index in [-0.39, 0.29) is 43.1 Å². The average Bonchev–Trinajstić information content (AvgIpc) is 2.70. The van der Waals surface area contributed by atoms with E-state index >= 15 is 0 Å². The summed E-state index contributed by atoms with van der Waals surface area (Å²) in [6, 6.07) is 0. The fourth-order valence-electron chi connectivity index (χ4n) is 2.04. The van der Waals surface area contributed by atoms with Crippen LogP contribution in [0, 0.1) is 6.92 Å². The van der Waals surface area contributed by atoms with Crippen molar-refractivity contribution in [2.24, 2.45) is 0 Å². The lowest BCUT2D eigenvalue weighted by Gasteiger charge is -2.26. The molecular weight excluding hydrogens is 355 g/mol. The maximum absolute atomic E-state index is 11.9. The maximum atomic E-state index is 11.9. The molecule has 1 aliphatic rings. The van der Waals surface area contributed by atoms with Crippen LogP contribution in [0.5, 0.6) is 0 Å². The zero-order valence-electron chi connectivity index (χ0n) is 12.2. The van der Waals surface area contributed by atoms with Crippen molar-refractivity contribution >= 4 is 59.6 Å². The number of thiazole rings is 1. The molecule has 1 amide bonds. The van der Waals surface area contributed by atoms with Crippen molar-refractivity contribution in [1.29, 1.82) is 0 Å². The summed E-state index contributed by atoms with van der Waals surface area (Å²) in [5.74, 6) is 0.0355. The predicted octanol–water partition coefficient (Wildman–Crippen LogP) is 2.12. The number of carbonyl (C=O) groups excluding carboxylic acids is 1. The highest BCUT2D eigenvalue weighted by atomic mass is 35.5. The van der Waals surface area contributed by atoms with Crippen LogP contribution < -0.4 is 10.6 Å². The Labute approximate surface area is 148 Å². The smallest absolute Gasteiger partial charge is 0.240 e. The van der Waals surface area contributed by atoms with Gasteiger partial charge in [0.1, 0.15) is 0 Å². The van der Waals surface area contributed by atoms with Gasteiger partial charge in [0.15, 0.2) is 5.13 Å². The van der Waals surface area contributed by atoms with Gasteiger partial charge in [-0.05, 0) is 13.3 Å². The van der Waals surface area contributed by atoms with Gasteiger partial charge >= 0.3 is 0 Å². The molecule has 1 saturated heterocycles. The summed E-state index contributed by atoms with van der Waals surface area (Å²) in [5.41, 5.74) is 1.08. The number of rotatable bonds is 4. The number of halogens is 3. The van der Waals surface area contributed by atoms with E-state index in [4.69, 9.17) is 0 Å². The van der Waals surface area contributed by atoms with Gasteiger partial charge in [-0.2, -0.15) is 0 Å². The Bertz CT molecular complexity index is 425. The number of piperazine rings is 1. The minimum atomic E-state index is 0. The molecule has 0 unspecified atom stereocenters. The lowest BCUT2D eigenvalue weighted by molar-refractivity contribution is -0.117. The zero-order chi connectivity index (χ0) is 13.0. The molecule has 2 N–H and O–H groups in total. The number of amides is 1. The van der Waals surface area contributed by atoms with E-state index in [1.807, 2.05) is 6.92 Å². The topological polar surface area (TPSA) is 57.3 Å². The second-order valence-electron chi connectivity index (χ2n) is 4.45. The minimum Gasteiger partial charge on any atom is -0.314 e. The summed E-state index contributed by atoms with van der Waals surface area (Å²) >= 11 is 1.56. The number of nitrogens with zero attached hydrogens (tertiary/aromatic N) is 2. The summed E-state index contributed by atoms with van der Waals surface area (Å²) in [6.07, 6.45) is 0.913. The van der Waals surface area contributed by atoms with Gasteiger partial charge < -0.3 is 10.6 Å². The summed E-state index contributed by atoms with van der Waals surface area (Å²) in [5, 5.41) is 6.89. The van der Waals surface area contributed by atoms with Crippen LogP contribution in [0.3, 0.4) is 0 Å². The molecule has 124 valence electrons. The van der Waals surface area contributed by atoms with Crippen molar-refractivity contribution in [3.63, 3.8) is 0 Å². The normalized spacial score (nSPS) is 14.4. The number of hydrogen-bond donors (Lipinski definition) is 2. The fraction of sp³-hybridized carbons (Fsp3) is 0.667. The highest BCUT2D eigenvalue weighted by molar-refractivity contribution is 7.15. The molecule has 0 radical (unpaired) electrons. The van der Waals surface area contributed by atoms with E-state index in [2.05, 4.69) is 27.4 Å². The molecule has 5 nitrogen and oxygen atoms in total. The molecule has 0 aliphatic carbocycles. The van der Waals surface area contributed by atoms with Crippen molar-refractivity contribution in [3.8, 4) is 0 Å². The summed E-state index contributed by atoms with van der Waals surface area (Å²) < 4.78 is 0. The number of anilines is 1. The van der Waals surface area contributed by atoms with Gasteiger partial charge in [0.05, 0.1) is 12.2 Å². The van der Waals surface area contributed by atoms with Gasteiger partial charge in [-0.1, -0.05) is 6.92 Å². The summed E-state index contributed by atoms with van der Waals surface area (Å²) in [6.45, 7) is 8.38. The molecule has 0 spiro atoms. The predicted molar refractivity (Wildman–Crippen MR) is 95.9 cm³/mol. The quantitative estimate of drug-likeness (QED) is 0.844. The third-order valence-corrected chi connectivity index (χ3v) is 3.98. The molecule has 9 heteroatoms. The second kappa shape index (κ2) is 11.5. The lowest BCUT2D eigenvalue weighted by atomic mass is 10.3. The van der Waals surface area contributed by atoms with Gasteiger partial charge in [0, 0.05) is 31.1 Å². The third-order valence-electron chi connectivity index (χ3n) is 3.05. The van der Waals surface area contributed by atoms with Crippen LogP contribution in [-0.4, -0.2) is 48.5 Å². The van der Waals surface area contributed by atoms with Crippen LogP contribution in [0.1, 0.15) is 17.5 Å². The fourth-order valence-corrected chi connectivity index (χ4v) is 2.96. The Morgan fingerprint density at radius 2 is 1.95 bits per heavy atom. The minimum absolute atomic E-state index is 0. The number of aryl methyl sites for hydroxylation is 2. The molecule has 0 saturated carbocycles. The summed E-state index contributed by atoms with van der Waals surface area (Å²) in [7, 11) is 0. The first-order valence-corrected chi connectivity index (χ1v) is 7.20. The molecule has 1 aromatic heterocycles. The Hall–Kier alpha value is -0.110. The Kier molecular flexibility index (Phi) is 12.6. The van der Waals surface area contributed by atoms with E-state index in [1.165, 1.54) is 4.88 Å². The van der Waals surface area contributed by atoms with Crippen LogP contribution in [0.2, 0.25) is 0 Å². The Morgan fingerprint density at radius 1 is 1.33 bits per heavy atom. The number of hydrogen-bond acceptors (Lipinski definition) is 5. The first-order chi connectivity index (χ1) is 8.69.